The maximum Gasteiger partial charge on any atom is 0.225 e. The maximum atomic E-state index is 5.75. The highest BCUT2D eigenvalue weighted by molar-refractivity contribution is 7.13. The number of nitrogens with zero attached hydrogens (tertiary/aromatic N) is 3. The molecule has 1 saturated heterocycles. The molecule has 4 nitrogen and oxygen atoms in total. The molecule has 0 amide bonds. The quantitative estimate of drug-likeness (QED) is 0.943. The molecule has 0 atom stereocenters. The smallest absolute Gasteiger partial charge is 0.225 e. The monoisotopic (exact) mass is 288 g/mol. The first kappa shape index (κ1) is 13.5. The fourth-order valence-corrected chi connectivity index (χ4v) is 3.40. The number of hydrogen-bond acceptors (Lipinski definition) is 5. The number of aromatic nitrogens is 2. The van der Waals surface area contributed by atoms with E-state index in [0.29, 0.717) is 5.92 Å². The van der Waals surface area contributed by atoms with Gasteiger partial charge in [-0.1, -0.05) is 6.07 Å². The lowest BCUT2D eigenvalue weighted by molar-refractivity contribution is 0.411. The molecule has 2 aromatic heterocycles. The van der Waals surface area contributed by atoms with Gasteiger partial charge in [0.15, 0.2) is 0 Å². The average molecular weight is 288 g/mol. The Kier molecular flexibility index (Phi) is 3.98. The number of nitrogens with two attached hydrogens (primary N) is 1. The van der Waals surface area contributed by atoms with Crippen LogP contribution < -0.4 is 10.6 Å². The van der Waals surface area contributed by atoms with Crippen molar-refractivity contribution < 1.29 is 0 Å². The largest absolute Gasteiger partial charge is 0.341 e. The van der Waals surface area contributed by atoms with E-state index in [9.17, 15) is 0 Å². The van der Waals surface area contributed by atoms with Crippen molar-refractivity contribution in [2.45, 2.75) is 19.8 Å². The van der Waals surface area contributed by atoms with Crippen LogP contribution in [0, 0.1) is 12.8 Å². The van der Waals surface area contributed by atoms with Crippen LogP contribution in [0.4, 0.5) is 5.95 Å². The zero-order chi connectivity index (χ0) is 13.9. The summed E-state index contributed by atoms with van der Waals surface area (Å²) in [4.78, 5) is 12.8. The van der Waals surface area contributed by atoms with Crippen LogP contribution >= 0.6 is 11.3 Å². The Balaban J connectivity index is 1.83. The zero-order valence-corrected chi connectivity index (χ0v) is 12.6. The predicted molar refractivity (Wildman–Crippen MR) is 84.1 cm³/mol. The van der Waals surface area contributed by atoms with Gasteiger partial charge in [0.25, 0.3) is 0 Å². The van der Waals surface area contributed by atoms with E-state index in [0.717, 1.165) is 49.7 Å². The van der Waals surface area contributed by atoms with Crippen LogP contribution in [-0.4, -0.2) is 29.6 Å². The molecule has 0 spiro atoms. The van der Waals surface area contributed by atoms with Crippen molar-refractivity contribution in [3.8, 4) is 10.6 Å². The molecular formula is C15H20N4S. The van der Waals surface area contributed by atoms with Crippen molar-refractivity contribution >= 4 is 17.3 Å². The summed E-state index contributed by atoms with van der Waals surface area (Å²) in [5.74, 6) is 1.52. The number of rotatable bonds is 3. The summed E-state index contributed by atoms with van der Waals surface area (Å²) >= 11 is 1.72. The Labute approximate surface area is 123 Å². The molecule has 0 radical (unpaired) electrons. The molecular weight excluding hydrogens is 268 g/mol. The highest BCUT2D eigenvalue weighted by Gasteiger charge is 2.20. The van der Waals surface area contributed by atoms with Crippen LogP contribution in [0.25, 0.3) is 10.6 Å². The lowest BCUT2D eigenvalue weighted by atomic mass is 9.97. The second kappa shape index (κ2) is 5.89. The Morgan fingerprint density at radius 3 is 2.85 bits per heavy atom. The summed E-state index contributed by atoms with van der Waals surface area (Å²) in [6.45, 7) is 4.88. The molecule has 20 heavy (non-hydrogen) atoms. The summed E-state index contributed by atoms with van der Waals surface area (Å²) in [6.07, 6.45) is 4.22. The first-order chi connectivity index (χ1) is 9.78. The minimum absolute atomic E-state index is 0.661. The second-order valence-electron chi connectivity index (χ2n) is 5.35. The SMILES string of the molecule is Cc1cnc(N2CCC(CN)CC2)nc1-c1cccs1. The van der Waals surface area contributed by atoms with Crippen LogP contribution in [0.1, 0.15) is 18.4 Å². The molecule has 3 rings (SSSR count). The summed E-state index contributed by atoms with van der Waals surface area (Å²) < 4.78 is 0. The molecule has 0 bridgehead atoms. The minimum atomic E-state index is 0.661. The van der Waals surface area contributed by atoms with Gasteiger partial charge in [-0.15, -0.1) is 11.3 Å². The predicted octanol–water partition coefficient (Wildman–Crippen LogP) is 2.69. The lowest BCUT2D eigenvalue weighted by Crippen LogP contribution is -2.37. The van der Waals surface area contributed by atoms with Crippen LogP contribution in [-0.2, 0) is 0 Å². The van der Waals surface area contributed by atoms with E-state index in [-0.39, 0.29) is 0 Å². The number of thiophene rings is 1. The molecule has 1 aliphatic heterocycles. The van der Waals surface area contributed by atoms with Gasteiger partial charge in [0.2, 0.25) is 5.95 Å². The molecule has 1 fully saturated rings. The van der Waals surface area contributed by atoms with Gasteiger partial charge in [0.05, 0.1) is 10.6 Å². The van der Waals surface area contributed by atoms with E-state index in [1.807, 2.05) is 6.20 Å². The van der Waals surface area contributed by atoms with Gasteiger partial charge in [-0.3, -0.25) is 0 Å². The van der Waals surface area contributed by atoms with Crippen LogP contribution in [0.2, 0.25) is 0 Å². The van der Waals surface area contributed by atoms with E-state index in [2.05, 4.69) is 34.3 Å². The van der Waals surface area contributed by atoms with Crippen LogP contribution in [0.3, 0.4) is 0 Å². The number of piperidine rings is 1. The van der Waals surface area contributed by atoms with Gasteiger partial charge in [-0.25, -0.2) is 9.97 Å². The van der Waals surface area contributed by atoms with E-state index in [1.54, 1.807) is 11.3 Å². The molecule has 0 saturated carbocycles. The Morgan fingerprint density at radius 2 is 2.20 bits per heavy atom. The summed E-state index contributed by atoms with van der Waals surface area (Å²) in [6, 6.07) is 4.18. The number of anilines is 1. The first-order valence-corrected chi connectivity index (χ1v) is 7.98. The molecule has 0 unspecified atom stereocenters. The topological polar surface area (TPSA) is 55.0 Å². The van der Waals surface area contributed by atoms with Gasteiger partial charge in [-0.2, -0.15) is 0 Å². The minimum Gasteiger partial charge on any atom is -0.341 e. The normalized spacial score (nSPS) is 16.6. The molecule has 1 aliphatic rings. The Hall–Kier alpha value is -1.46. The van der Waals surface area contributed by atoms with Gasteiger partial charge in [0.1, 0.15) is 0 Å². The van der Waals surface area contributed by atoms with Gasteiger partial charge in [0, 0.05) is 19.3 Å². The second-order valence-corrected chi connectivity index (χ2v) is 6.29. The molecule has 2 aromatic rings. The van der Waals surface area contributed by atoms with Gasteiger partial charge in [-0.05, 0) is 49.2 Å². The summed E-state index contributed by atoms with van der Waals surface area (Å²) in [5.41, 5.74) is 7.94. The molecule has 0 aliphatic carbocycles. The van der Waals surface area contributed by atoms with Crippen molar-refractivity contribution in [2.24, 2.45) is 11.7 Å². The first-order valence-electron chi connectivity index (χ1n) is 7.10. The fourth-order valence-electron chi connectivity index (χ4n) is 2.62. The van der Waals surface area contributed by atoms with E-state index < -0.39 is 0 Å². The molecule has 5 heteroatoms. The van der Waals surface area contributed by atoms with Gasteiger partial charge < -0.3 is 10.6 Å². The third-order valence-corrected chi connectivity index (χ3v) is 4.82. The maximum absolute atomic E-state index is 5.75. The lowest BCUT2D eigenvalue weighted by Gasteiger charge is -2.31. The summed E-state index contributed by atoms with van der Waals surface area (Å²) in [5, 5.41) is 2.09. The van der Waals surface area contributed by atoms with Crippen LogP contribution in [0.5, 0.6) is 0 Å². The third-order valence-electron chi connectivity index (χ3n) is 3.94. The van der Waals surface area contributed by atoms with E-state index in [1.165, 1.54) is 4.88 Å². The Bertz CT molecular complexity index is 559. The number of hydrogen-bond donors (Lipinski definition) is 1. The fraction of sp³-hybridized carbons (Fsp3) is 0.467. The standard InChI is InChI=1S/C15H20N4S/c1-11-10-17-15(18-14(11)13-3-2-8-20-13)19-6-4-12(9-16)5-7-19/h2-3,8,10,12H,4-7,9,16H2,1H3. The third kappa shape index (κ3) is 2.69. The molecule has 106 valence electrons. The van der Waals surface area contributed by atoms with E-state index in [4.69, 9.17) is 10.7 Å². The summed E-state index contributed by atoms with van der Waals surface area (Å²) in [7, 11) is 0. The molecule has 3 heterocycles. The van der Waals surface area contributed by atoms with Crippen LogP contribution in [0.15, 0.2) is 23.7 Å². The highest BCUT2D eigenvalue weighted by Crippen LogP contribution is 2.28. The van der Waals surface area contributed by atoms with Crippen molar-refractivity contribution in [3.63, 3.8) is 0 Å². The molecule has 0 aromatic carbocycles. The van der Waals surface area contributed by atoms with Gasteiger partial charge >= 0.3 is 0 Å². The van der Waals surface area contributed by atoms with Crippen molar-refractivity contribution in [1.29, 1.82) is 0 Å². The van der Waals surface area contributed by atoms with Crippen molar-refractivity contribution in [2.75, 3.05) is 24.5 Å². The van der Waals surface area contributed by atoms with Crippen molar-refractivity contribution in [1.82, 2.24) is 9.97 Å². The molecule has 2 N–H and O–H groups in total. The van der Waals surface area contributed by atoms with Crippen molar-refractivity contribution in [3.05, 3.63) is 29.3 Å². The Morgan fingerprint density at radius 1 is 1.40 bits per heavy atom. The average Bonchev–Trinajstić information content (AvgIpc) is 3.02. The van der Waals surface area contributed by atoms with E-state index >= 15 is 0 Å². The zero-order valence-electron chi connectivity index (χ0n) is 11.7. The highest BCUT2D eigenvalue weighted by atomic mass is 32.1. The number of aryl methyl sites for hydroxylation is 1.